The van der Waals surface area contributed by atoms with Crippen molar-refractivity contribution in [3.63, 3.8) is 0 Å². The lowest BCUT2D eigenvalue weighted by atomic mass is 10.3. The van der Waals surface area contributed by atoms with E-state index in [1.54, 1.807) is 18.3 Å². The first-order chi connectivity index (χ1) is 6.72. The summed E-state index contributed by atoms with van der Waals surface area (Å²) < 4.78 is 5.44. The SMILES string of the molecule is CCNC(C)COc1ccc(Cl)cn1. The number of hydrogen-bond acceptors (Lipinski definition) is 3. The van der Waals surface area contributed by atoms with E-state index in [9.17, 15) is 0 Å². The van der Waals surface area contributed by atoms with E-state index < -0.39 is 0 Å². The predicted molar refractivity (Wildman–Crippen MR) is 57.9 cm³/mol. The van der Waals surface area contributed by atoms with Crippen molar-refractivity contribution in [3.8, 4) is 5.88 Å². The van der Waals surface area contributed by atoms with Crippen molar-refractivity contribution in [3.05, 3.63) is 23.4 Å². The van der Waals surface area contributed by atoms with E-state index in [1.165, 1.54) is 0 Å². The summed E-state index contributed by atoms with van der Waals surface area (Å²) in [7, 11) is 0. The molecule has 1 N–H and O–H groups in total. The maximum Gasteiger partial charge on any atom is 0.213 e. The van der Waals surface area contributed by atoms with Gasteiger partial charge in [0.2, 0.25) is 5.88 Å². The molecule has 0 radical (unpaired) electrons. The predicted octanol–water partition coefficient (Wildman–Crippen LogP) is 2.11. The van der Waals surface area contributed by atoms with Crippen molar-refractivity contribution in [2.45, 2.75) is 19.9 Å². The van der Waals surface area contributed by atoms with Gasteiger partial charge in [0.1, 0.15) is 6.61 Å². The van der Waals surface area contributed by atoms with E-state index in [4.69, 9.17) is 16.3 Å². The maximum atomic E-state index is 5.69. The first-order valence-corrected chi connectivity index (χ1v) is 5.08. The molecule has 1 heterocycles. The van der Waals surface area contributed by atoms with E-state index >= 15 is 0 Å². The van der Waals surface area contributed by atoms with Crippen LogP contribution in [0.5, 0.6) is 5.88 Å². The number of ether oxygens (including phenoxy) is 1. The molecule has 3 nitrogen and oxygen atoms in total. The highest BCUT2D eigenvalue weighted by Crippen LogP contribution is 2.11. The summed E-state index contributed by atoms with van der Waals surface area (Å²) in [5.74, 6) is 0.610. The van der Waals surface area contributed by atoms with Crippen molar-refractivity contribution in [2.75, 3.05) is 13.2 Å². The molecule has 1 rings (SSSR count). The molecule has 0 aliphatic rings. The van der Waals surface area contributed by atoms with Crippen molar-refractivity contribution >= 4 is 11.6 Å². The number of likely N-dealkylation sites (N-methyl/N-ethyl adjacent to an activating group) is 1. The molecule has 1 aromatic rings. The van der Waals surface area contributed by atoms with Crippen molar-refractivity contribution in [1.82, 2.24) is 10.3 Å². The summed E-state index contributed by atoms with van der Waals surface area (Å²) in [5, 5.41) is 3.87. The van der Waals surface area contributed by atoms with Crippen LogP contribution in [0.3, 0.4) is 0 Å². The summed E-state index contributed by atoms with van der Waals surface area (Å²) in [5.41, 5.74) is 0. The fraction of sp³-hybridized carbons (Fsp3) is 0.500. The second-order valence-corrected chi connectivity index (χ2v) is 3.52. The zero-order valence-electron chi connectivity index (χ0n) is 8.46. The number of rotatable bonds is 5. The second-order valence-electron chi connectivity index (χ2n) is 3.08. The lowest BCUT2D eigenvalue weighted by Gasteiger charge is -2.12. The first kappa shape index (κ1) is 11.3. The molecule has 0 aliphatic carbocycles. The van der Waals surface area contributed by atoms with Gasteiger partial charge in [0.15, 0.2) is 0 Å². The molecule has 0 aliphatic heterocycles. The molecular formula is C10H15ClN2O. The van der Waals surface area contributed by atoms with Crippen molar-refractivity contribution in [2.24, 2.45) is 0 Å². The fourth-order valence-electron chi connectivity index (χ4n) is 1.07. The lowest BCUT2D eigenvalue weighted by molar-refractivity contribution is 0.266. The molecule has 4 heteroatoms. The highest BCUT2D eigenvalue weighted by molar-refractivity contribution is 6.30. The molecule has 1 aromatic heterocycles. The van der Waals surface area contributed by atoms with E-state index in [-0.39, 0.29) is 0 Å². The van der Waals surface area contributed by atoms with Gasteiger partial charge in [-0.25, -0.2) is 4.98 Å². The molecule has 0 saturated heterocycles. The van der Waals surface area contributed by atoms with Gasteiger partial charge in [-0.05, 0) is 19.5 Å². The lowest BCUT2D eigenvalue weighted by Crippen LogP contribution is -2.31. The van der Waals surface area contributed by atoms with E-state index in [1.807, 2.05) is 0 Å². The quantitative estimate of drug-likeness (QED) is 0.815. The molecule has 0 aromatic carbocycles. The van der Waals surface area contributed by atoms with Crippen LogP contribution in [-0.4, -0.2) is 24.2 Å². The monoisotopic (exact) mass is 214 g/mol. The van der Waals surface area contributed by atoms with Gasteiger partial charge in [-0.3, -0.25) is 0 Å². The van der Waals surface area contributed by atoms with Crippen LogP contribution in [0.2, 0.25) is 5.02 Å². The molecular weight excluding hydrogens is 200 g/mol. The largest absolute Gasteiger partial charge is 0.476 e. The Hall–Kier alpha value is -0.800. The zero-order valence-corrected chi connectivity index (χ0v) is 9.21. The smallest absolute Gasteiger partial charge is 0.213 e. The minimum absolute atomic E-state index is 0.331. The Balaban J connectivity index is 2.34. The van der Waals surface area contributed by atoms with Crippen LogP contribution in [0, 0.1) is 0 Å². The number of nitrogens with zero attached hydrogens (tertiary/aromatic N) is 1. The molecule has 0 bridgehead atoms. The summed E-state index contributed by atoms with van der Waals surface area (Å²) in [6.07, 6.45) is 1.58. The third kappa shape index (κ3) is 3.94. The Morgan fingerprint density at radius 3 is 2.93 bits per heavy atom. The molecule has 0 saturated carbocycles. The fourth-order valence-corrected chi connectivity index (χ4v) is 1.18. The van der Waals surface area contributed by atoms with Crippen LogP contribution in [0.25, 0.3) is 0 Å². The van der Waals surface area contributed by atoms with Gasteiger partial charge in [-0.1, -0.05) is 18.5 Å². The van der Waals surface area contributed by atoms with Gasteiger partial charge in [0.05, 0.1) is 5.02 Å². The van der Waals surface area contributed by atoms with Crippen LogP contribution in [0.15, 0.2) is 18.3 Å². The second kappa shape index (κ2) is 5.83. The Labute approximate surface area is 89.4 Å². The molecule has 78 valence electrons. The minimum atomic E-state index is 0.331. The Bertz CT molecular complexity index is 263. The minimum Gasteiger partial charge on any atom is -0.476 e. The first-order valence-electron chi connectivity index (χ1n) is 4.70. The highest BCUT2D eigenvalue weighted by Gasteiger charge is 2.01. The average molecular weight is 215 g/mol. The van der Waals surface area contributed by atoms with Gasteiger partial charge in [0, 0.05) is 18.3 Å². The topological polar surface area (TPSA) is 34.1 Å². The van der Waals surface area contributed by atoms with Crippen LogP contribution in [0.4, 0.5) is 0 Å². The van der Waals surface area contributed by atoms with E-state index in [0.717, 1.165) is 6.54 Å². The Morgan fingerprint density at radius 1 is 1.57 bits per heavy atom. The Morgan fingerprint density at radius 2 is 2.36 bits per heavy atom. The van der Waals surface area contributed by atoms with Crippen LogP contribution in [-0.2, 0) is 0 Å². The summed E-state index contributed by atoms with van der Waals surface area (Å²) >= 11 is 5.69. The number of aromatic nitrogens is 1. The third-order valence-corrected chi connectivity index (χ3v) is 1.96. The average Bonchev–Trinajstić information content (AvgIpc) is 2.17. The zero-order chi connectivity index (χ0) is 10.4. The Kier molecular flexibility index (Phi) is 4.70. The van der Waals surface area contributed by atoms with Crippen molar-refractivity contribution in [1.29, 1.82) is 0 Å². The summed E-state index contributed by atoms with van der Waals surface area (Å²) in [4.78, 5) is 4.03. The van der Waals surface area contributed by atoms with E-state index in [2.05, 4.69) is 24.1 Å². The molecule has 1 unspecified atom stereocenters. The van der Waals surface area contributed by atoms with Gasteiger partial charge < -0.3 is 10.1 Å². The van der Waals surface area contributed by atoms with Crippen LogP contribution >= 0.6 is 11.6 Å². The third-order valence-electron chi connectivity index (χ3n) is 1.73. The standard InChI is InChI=1S/C10H15ClN2O/c1-3-12-8(2)7-14-10-5-4-9(11)6-13-10/h4-6,8,12H,3,7H2,1-2H3. The summed E-state index contributed by atoms with van der Waals surface area (Å²) in [6.45, 7) is 5.69. The number of halogens is 1. The molecule has 0 spiro atoms. The van der Waals surface area contributed by atoms with Gasteiger partial charge >= 0.3 is 0 Å². The van der Waals surface area contributed by atoms with Crippen LogP contribution < -0.4 is 10.1 Å². The van der Waals surface area contributed by atoms with Crippen LogP contribution in [0.1, 0.15) is 13.8 Å². The molecule has 14 heavy (non-hydrogen) atoms. The van der Waals surface area contributed by atoms with Gasteiger partial charge in [-0.15, -0.1) is 0 Å². The number of hydrogen-bond donors (Lipinski definition) is 1. The normalized spacial score (nSPS) is 12.5. The molecule has 1 atom stereocenters. The van der Waals surface area contributed by atoms with Crippen molar-refractivity contribution < 1.29 is 4.74 Å². The maximum absolute atomic E-state index is 5.69. The van der Waals surface area contributed by atoms with Gasteiger partial charge in [0.25, 0.3) is 0 Å². The number of nitrogens with one attached hydrogen (secondary N) is 1. The molecule has 0 amide bonds. The highest BCUT2D eigenvalue weighted by atomic mass is 35.5. The van der Waals surface area contributed by atoms with E-state index in [0.29, 0.717) is 23.6 Å². The molecule has 0 fully saturated rings. The summed E-state index contributed by atoms with van der Waals surface area (Å²) in [6, 6.07) is 3.86. The number of pyridine rings is 1. The van der Waals surface area contributed by atoms with Gasteiger partial charge in [-0.2, -0.15) is 0 Å².